The number of anilines is 1. The van der Waals surface area contributed by atoms with E-state index in [0.29, 0.717) is 39.3 Å². The summed E-state index contributed by atoms with van der Waals surface area (Å²) in [6.07, 6.45) is 5.63. The molecule has 2 N–H and O–H groups in total. The fraction of sp³-hybridized carbons (Fsp3) is 0.217. The molecule has 0 saturated carbocycles. The van der Waals surface area contributed by atoms with E-state index in [2.05, 4.69) is 20.6 Å². The molecule has 0 unspecified atom stereocenters. The highest BCUT2D eigenvalue weighted by Crippen LogP contribution is 2.26. The molecule has 0 aliphatic carbocycles. The Balaban J connectivity index is 1.64. The summed E-state index contributed by atoms with van der Waals surface area (Å²) in [5.74, 6) is -1.36. The quantitative estimate of drug-likeness (QED) is 0.365. The van der Waals surface area contributed by atoms with Crippen LogP contribution in [0.25, 0.3) is 16.6 Å². The van der Waals surface area contributed by atoms with Gasteiger partial charge in [0.25, 0.3) is 5.91 Å². The number of nitrogens with one attached hydrogen (secondary N) is 1. The number of halogens is 1. The molecule has 174 valence electrons. The van der Waals surface area contributed by atoms with Gasteiger partial charge in [0, 0.05) is 34.6 Å². The molecule has 0 spiro atoms. The summed E-state index contributed by atoms with van der Waals surface area (Å²) in [6, 6.07) is 6.48. The second kappa shape index (κ2) is 9.44. The molecule has 3 aromatic heterocycles. The fourth-order valence-corrected chi connectivity index (χ4v) is 3.92. The van der Waals surface area contributed by atoms with Crippen LogP contribution in [0.4, 0.5) is 5.82 Å². The number of carbonyl (C=O) groups excluding carboxylic acids is 2. The number of aromatic nitrogens is 5. The van der Waals surface area contributed by atoms with Gasteiger partial charge in [-0.15, -0.1) is 5.10 Å². The summed E-state index contributed by atoms with van der Waals surface area (Å²) in [7, 11) is 0. The third kappa shape index (κ3) is 4.53. The lowest BCUT2D eigenvalue weighted by Gasteiger charge is -2.07. The first-order valence-corrected chi connectivity index (χ1v) is 10.9. The van der Waals surface area contributed by atoms with Crippen molar-refractivity contribution in [3.05, 3.63) is 64.7 Å². The van der Waals surface area contributed by atoms with Crippen LogP contribution in [0.3, 0.4) is 0 Å². The number of Topliss-reactive ketones (excluding diaryl/α,β-unsaturated/α-hetero) is 1. The van der Waals surface area contributed by atoms with Crippen LogP contribution in [0.1, 0.15) is 46.2 Å². The van der Waals surface area contributed by atoms with Crippen molar-refractivity contribution in [2.45, 2.75) is 33.2 Å². The molecule has 11 heteroatoms. The highest BCUT2D eigenvalue weighted by Gasteiger charge is 2.19. The van der Waals surface area contributed by atoms with Crippen LogP contribution >= 0.6 is 11.6 Å². The summed E-state index contributed by atoms with van der Waals surface area (Å²) in [5.41, 5.74) is 2.53. The van der Waals surface area contributed by atoms with Crippen molar-refractivity contribution in [2.75, 3.05) is 5.32 Å². The molecule has 0 aliphatic rings. The van der Waals surface area contributed by atoms with Crippen LogP contribution in [0.5, 0.6) is 0 Å². The van der Waals surface area contributed by atoms with Gasteiger partial charge in [0.15, 0.2) is 11.6 Å². The van der Waals surface area contributed by atoms with Gasteiger partial charge in [-0.1, -0.05) is 18.5 Å². The van der Waals surface area contributed by atoms with Gasteiger partial charge in [-0.05, 0) is 31.5 Å². The first-order chi connectivity index (χ1) is 16.3. The zero-order valence-corrected chi connectivity index (χ0v) is 19.2. The monoisotopic (exact) mass is 480 g/mol. The van der Waals surface area contributed by atoms with E-state index in [-0.39, 0.29) is 23.7 Å². The number of aliphatic carboxylic acids is 1. The summed E-state index contributed by atoms with van der Waals surface area (Å²) < 4.78 is 3.03. The van der Waals surface area contributed by atoms with Crippen molar-refractivity contribution in [1.82, 2.24) is 24.5 Å². The molecule has 4 aromatic rings. The van der Waals surface area contributed by atoms with E-state index in [1.165, 1.54) is 23.2 Å². The number of nitrogens with zero attached hydrogens (tertiary/aromatic N) is 5. The van der Waals surface area contributed by atoms with Crippen LogP contribution in [0.15, 0.2) is 42.9 Å². The second-order valence-corrected chi connectivity index (χ2v) is 8.14. The Morgan fingerprint density at radius 1 is 1.15 bits per heavy atom. The van der Waals surface area contributed by atoms with Crippen molar-refractivity contribution >= 4 is 46.0 Å². The minimum Gasteiger partial charge on any atom is -0.480 e. The Kier molecular flexibility index (Phi) is 6.42. The molecule has 0 bridgehead atoms. The largest absolute Gasteiger partial charge is 0.480 e. The number of carboxylic acids is 1. The lowest BCUT2D eigenvalue weighted by Crippen LogP contribution is -2.14. The highest BCUT2D eigenvalue weighted by atomic mass is 35.5. The van der Waals surface area contributed by atoms with E-state index >= 15 is 0 Å². The maximum Gasteiger partial charge on any atom is 0.323 e. The molecular formula is C23H21ClN6O4. The number of ketones is 1. The number of fused-ring (bicyclic) bond motifs is 1. The van der Waals surface area contributed by atoms with Gasteiger partial charge in [0.2, 0.25) is 0 Å². The molecule has 0 atom stereocenters. The van der Waals surface area contributed by atoms with Gasteiger partial charge in [-0.2, -0.15) is 10.2 Å². The maximum absolute atomic E-state index is 13.1. The predicted molar refractivity (Wildman–Crippen MR) is 126 cm³/mol. The number of carbonyl (C=O) groups is 3. The summed E-state index contributed by atoms with van der Waals surface area (Å²) >= 11 is 6.10. The first kappa shape index (κ1) is 23.1. The number of rotatable bonds is 8. The summed E-state index contributed by atoms with van der Waals surface area (Å²) in [5, 5.41) is 25.0. The number of benzene rings is 1. The van der Waals surface area contributed by atoms with Gasteiger partial charge >= 0.3 is 5.97 Å². The van der Waals surface area contributed by atoms with Crippen molar-refractivity contribution in [1.29, 1.82) is 0 Å². The van der Waals surface area contributed by atoms with Crippen molar-refractivity contribution in [3.63, 3.8) is 0 Å². The molecule has 4 rings (SSSR count). The van der Waals surface area contributed by atoms with Crippen LogP contribution in [-0.2, 0) is 11.3 Å². The van der Waals surface area contributed by atoms with Gasteiger partial charge in [-0.3, -0.25) is 14.4 Å². The van der Waals surface area contributed by atoms with E-state index in [1.807, 2.05) is 6.92 Å². The second-order valence-electron chi connectivity index (χ2n) is 7.71. The van der Waals surface area contributed by atoms with Gasteiger partial charge < -0.3 is 15.0 Å². The maximum atomic E-state index is 13.1. The predicted octanol–water partition coefficient (Wildman–Crippen LogP) is 3.90. The number of carboxylic acid groups (broad SMARTS) is 1. The molecule has 1 aromatic carbocycles. The molecule has 10 nitrogen and oxygen atoms in total. The molecule has 34 heavy (non-hydrogen) atoms. The average Bonchev–Trinajstić information content (AvgIpc) is 3.34. The zero-order valence-electron chi connectivity index (χ0n) is 18.4. The third-order valence-electron chi connectivity index (χ3n) is 5.31. The fourth-order valence-electron chi connectivity index (χ4n) is 3.75. The number of hydrogen-bond acceptors (Lipinski definition) is 6. The first-order valence-electron chi connectivity index (χ1n) is 10.5. The van der Waals surface area contributed by atoms with Crippen LogP contribution < -0.4 is 5.32 Å². The molecule has 0 fully saturated rings. The lowest BCUT2D eigenvalue weighted by molar-refractivity contribution is -0.137. The van der Waals surface area contributed by atoms with Crippen molar-refractivity contribution < 1.29 is 19.5 Å². The minimum atomic E-state index is -1.04. The highest BCUT2D eigenvalue weighted by molar-refractivity contribution is 6.31. The Labute approximate surface area is 199 Å². The van der Waals surface area contributed by atoms with E-state index in [0.717, 1.165) is 6.42 Å². The third-order valence-corrected chi connectivity index (χ3v) is 5.54. The van der Waals surface area contributed by atoms with E-state index in [9.17, 15) is 19.5 Å². The van der Waals surface area contributed by atoms with Crippen molar-refractivity contribution in [3.8, 4) is 5.69 Å². The minimum absolute atomic E-state index is 0.0122. The zero-order chi connectivity index (χ0) is 24.4. The van der Waals surface area contributed by atoms with E-state index in [1.54, 1.807) is 35.9 Å². The topological polar surface area (TPSA) is 132 Å². The Morgan fingerprint density at radius 2 is 1.94 bits per heavy atom. The number of hydrogen-bond donors (Lipinski definition) is 2. The van der Waals surface area contributed by atoms with Crippen molar-refractivity contribution in [2.24, 2.45) is 0 Å². The molecule has 1 amide bonds. The van der Waals surface area contributed by atoms with Gasteiger partial charge in [-0.25, -0.2) is 4.68 Å². The van der Waals surface area contributed by atoms with Crippen LogP contribution in [-0.4, -0.2) is 47.3 Å². The SMILES string of the molecule is CCCC(=O)c1cnn(-c2cnnc(NC(=O)c3cn(CC(=O)O)c4ccc(Cl)cc34)c2)c1C. The van der Waals surface area contributed by atoms with E-state index in [4.69, 9.17) is 11.6 Å². The molecule has 3 heterocycles. The van der Waals surface area contributed by atoms with E-state index < -0.39 is 11.9 Å². The molecule has 0 saturated heterocycles. The average molecular weight is 481 g/mol. The molecule has 0 aliphatic heterocycles. The summed E-state index contributed by atoms with van der Waals surface area (Å²) in [4.78, 5) is 36.6. The Bertz CT molecular complexity index is 1420. The smallest absolute Gasteiger partial charge is 0.323 e. The van der Waals surface area contributed by atoms with Crippen LogP contribution in [0.2, 0.25) is 5.02 Å². The van der Waals surface area contributed by atoms with Crippen LogP contribution in [0, 0.1) is 6.92 Å². The summed E-state index contributed by atoms with van der Waals surface area (Å²) in [6.45, 7) is 3.42. The normalized spacial score (nSPS) is 11.0. The lowest BCUT2D eigenvalue weighted by atomic mass is 10.1. The van der Waals surface area contributed by atoms with Gasteiger partial charge in [0.1, 0.15) is 6.54 Å². The molecular weight excluding hydrogens is 460 g/mol. The molecule has 0 radical (unpaired) electrons. The number of amides is 1. The Hall–Kier alpha value is -4.05. The standard InChI is InChI=1S/C23H21ClN6O4/c1-3-4-20(31)17-10-26-30(13(17)2)15-8-21(28-25-9-15)27-23(34)18-11-29(12-22(32)33)19-6-5-14(24)7-16(18)19/h5-11H,3-4,12H2,1-2H3,(H,32,33)(H,27,28,34). The Morgan fingerprint density at radius 3 is 2.68 bits per heavy atom. The van der Waals surface area contributed by atoms with Gasteiger partial charge in [0.05, 0.1) is 34.9 Å².